The number of piperazine rings is 1. The lowest BCUT2D eigenvalue weighted by molar-refractivity contribution is 0.0595. The highest BCUT2D eigenvalue weighted by atomic mass is 35.5. The number of hydrogen-bond donors (Lipinski definition) is 0. The number of halogens is 1. The molecule has 0 N–H and O–H groups in total. The Morgan fingerprint density at radius 3 is 2.18 bits per heavy atom. The van der Waals surface area contributed by atoms with Crippen LogP contribution in [0.2, 0.25) is 5.02 Å². The highest BCUT2D eigenvalue weighted by molar-refractivity contribution is 6.30. The van der Waals surface area contributed by atoms with Gasteiger partial charge in [-0.3, -0.25) is 9.69 Å². The van der Waals surface area contributed by atoms with Gasteiger partial charge < -0.3 is 9.32 Å². The third-order valence-electron chi connectivity index (χ3n) is 5.36. The molecule has 1 fully saturated rings. The van der Waals surface area contributed by atoms with Gasteiger partial charge in [0.05, 0.1) is 17.9 Å². The number of carbonyl (C=O) groups excluding carboxylic acids is 1. The van der Waals surface area contributed by atoms with Gasteiger partial charge >= 0.3 is 0 Å². The van der Waals surface area contributed by atoms with Crippen LogP contribution in [0.3, 0.4) is 0 Å². The fourth-order valence-electron chi connectivity index (χ4n) is 3.85. The number of benzene rings is 2. The van der Waals surface area contributed by atoms with E-state index < -0.39 is 0 Å². The maximum absolute atomic E-state index is 12.8. The molecule has 2 aromatic carbocycles. The molecule has 2 heterocycles. The Morgan fingerprint density at radius 1 is 0.929 bits per heavy atom. The molecule has 4 nitrogen and oxygen atoms in total. The van der Waals surface area contributed by atoms with E-state index in [1.54, 1.807) is 12.3 Å². The van der Waals surface area contributed by atoms with Gasteiger partial charge in [-0.1, -0.05) is 54.1 Å². The quantitative estimate of drug-likeness (QED) is 0.638. The Kier molecular flexibility index (Phi) is 5.51. The standard InChI is InChI=1S/C23H23ClN2O2/c1-17-21(11-16-28-17)23(27)26-14-12-25(13-15-26)22(18-5-3-2-4-6-18)19-7-9-20(24)10-8-19/h2-11,16,22H,12-15H2,1H3/t22-/m0/s1. The normalized spacial score (nSPS) is 16.1. The molecule has 1 aliphatic rings. The second-order valence-corrected chi connectivity index (χ2v) is 7.52. The van der Waals surface area contributed by atoms with Crippen LogP contribution in [-0.4, -0.2) is 41.9 Å². The van der Waals surface area contributed by atoms with Crippen molar-refractivity contribution in [2.75, 3.05) is 26.2 Å². The van der Waals surface area contributed by atoms with Crippen molar-refractivity contribution >= 4 is 17.5 Å². The first-order chi connectivity index (χ1) is 13.6. The molecule has 1 aromatic heterocycles. The number of hydrogen-bond acceptors (Lipinski definition) is 3. The van der Waals surface area contributed by atoms with Crippen molar-refractivity contribution < 1.29 is 9.21 Å². The van der Waals surface area contributed by atoms with E-state index >= 15 is 0 Å². The summed E-state index contributed by atoms with van der Waals surface area (Å²) in [4.78, 5) is 17.1. The average molecular weight is 395 g/mol. The molecule has 1 amide bonds. The molecule has 0 saturated carbocycles. The summed E-state index contributed by atoms with van der Waals surface area (Å²) in [6, 6.07) is 20.4. The van der Waals surface area contributed by atoms with Crippen molar-refractivity contribution in [1.82, 2.24) is 9.80 Å². The maximum atomic E-state index is 12.8. The van der Waals surface area contributed by atoms with Gasteiger partial charge in [0, 0.05) is 31.2 Å². The van der Waals surface area contributed by atoms with Crippen molar-refractivity contribution in [1.29, 1.82) is 0 Å². The molecular formula is C23H23ClN2O2. The van der Waals surface area contributed by atoms with E-state index in [0.29, 0.717) is 24.4 Å². The zero-order valence-corrected chi connectivity index (χ0v) is 16.6. The number of aryl methyl sites for hydroxylation is 1. The van der Waals surface area contributed by atoms with Gasteiger partial charge in [0.15, 0.2) is 0 Å². The van der Waals surface area contributed by atoms with E-state index in [0.717, 1.165) is 18.1 Å². The van der Waals surface area contributed by atoms with E-state index in [-0.39, 0.29) is 11.9 Å². The van der Waals surface area contributed by atoms with Gasteiger partial charge in [-0.05, 0) is 36.2 Å². The summed E-state index contributed by atoms with van der Waals surface area (Å²) >= 11 is 6.10. The zero-order valence-electron chi connectivity index (χ0n) is 15.8. The molecule has 1 atom stereocenters. The number of amides is 1. The Labute approximate surface area is 170 Å². The van der Waals surface area contributed by atoms with E-state index in [4.69, 9.17) is 16.0 Å². The lowest BCUT2D eigenvalue weighted by Gasteiger charge is -2.39. The number of nitrogens with zero attached hydrogens (tertiary/aromatic N) is 2. The molecule has 28 heavy (non-hydrogen) atoms. The van der Waals surface area contributed by atoms with Crippen LogP contribution in [0.4, 0.5) is 0 Å². The molecule has 0 bridgehead atoms. The van der Waals surface area contributed by atoms with Gasteiger partial charge in [-0.15, -0.1) is 0 Å². The fraction of sp³-hybridized carbons (Fsp3) is 0.261. The first-order valence-electron chi connectivity index (χ1n) is 9.51. The molecule has 1 aliphatic heterocycles. The lowest BCUT2D eigenvalue weighted by Crippen LogP contribution is -2.49. The van der Waals surface area contributed by atoms with Crippen LogP contribution in [0.1, 0.15) is 33.3 Å². The molecule has 3 aromatic rings. The Morgan fingerprint density at radius 2 is 1.57 bits per heavy atom. The molecule has 0 radical (unpaired) electrons. The lowest BCUT2D eigenvalue weighted by atomic mass is 9.96. The van der Waals surface area contributed by atoms with Crippen molar-refractivity contribution in [2.45, 2.75) is 13.0 Å². The topological polar surface area (TPSA) is 36.7 Å². The minimum Gasteiger partial charge on any atom is -0.469 e. The van der Waals surface area contributed by atoms with E-state index in [1.165, 1.54) is 11.1 Å². The maximum Gasteiger partial charge on any atom is 0.257 e. The van der Waals surface area contributed by atoms with Crippen LogP contribution in [0.25, 0.3) is 0 Å². The molecular weight excluding hydrogens is 372 g/mol. The Bertz CT molecular complexity index is 929. The monoisotopic (exact) mass is 394 g/mol. The van der Waals surface area contributed by atoms with Crippen LogP contribution in [-0.2, 0) is 0 Å². The van der Waals surface area contributed by atoms with Crippen molar-refractivity contribution in [3.8, 4) is 0 Å². The minimum absolute atomic E-state index is 0.0497. The zero-order chi connectivity index (χ0) is 19.5. The number of furan rings is 1. The van der Waals surface area contributed by atoms with Gasteiger partial charge in [0.1, 0.15) is 5.76 Å². The van der Waals surface area contributed by atoms with Crippen LogP contribution >= 0.6 is 11.6 Å². The summed E-state index contributed by atoms with van der Waals surface area (Å²) in [5, 5.41) is 0.737. The highest BCUT2D eigenvalue weighted by Gasteiger charge is 2.29. The Balaban J connectivity index is 1.53. The highest BCUT2D eigenvalue weighted by Crippen LogP contribution is 2.30. The average Bonchev–Trinajstić information content (AvgIpc) is 3.16. The van der Waals surface area contributed by atoms with Crippen LogP contribution in [0.5, 0.6) is 0 Å². The first-order valence-corrected chi connectivity index (χ1v) is 9.89. The van der Waals surface area contributed by atoms with Crippen LogP contribution in [0, 0.1) is 6.92 Å². The molecule has 144 valence electrons. The molecule has 1 saturated heterocycles. The predicted molar refractivity (Wildman–Crippen MR) is 111 cm³/mol. The minimum atomic E-state index is 0.0497. The van der Waals surface area contributed by atoms with Crippen LogP contribution < -0.4 is 0 Å². The molecule has 0 spiro atoms. The molecule has 0 aliphatic carbocycles. The summed E-state index contributed by atoms with van der Waals surface area (Å²) < 4.78 is 5.29. The fourth-order valence-corrected chi connectivity index (χ4v) is 3.98. The van der Waals surface area contributed by atoms with E-state index in [1.807, 2.05) is 30.0 Å². The van der Waals surface area contributed by atoms with Crippen molar-refractivity contribution in [3.05, 3.63) is 94.4 Å². The summed E-state index contributed by atoms with van der Waals surface area (Å²) in [5.74, 6) is 0.726. The third kappa shape index (κ3) is 3.84. The smallest absolute Gasteiger partial charge is 0.257 e. The SMILES string of the molecule is Cc1occc1C(=O)N1CCN([C@@H](c2ccccc2)c2ccc(Cl)cc2)CC1. The molecule has 0 unspecified atom stereocenters. The van der Waals surface area contributed by atoms with E-state index in [9.17, 15) is 4.79 Å². The van der Waals surface area contributed by atoms with Gasteiger partial charge in [-0.2, -0.15) is 0 Å². The summed E-state index contributed by atoms with van der Waals surface area (Å²) in [7, 11) is 0. The van der Waals surface area contributed by atoms with Gasteiger partial charge in [-0.25, -0.2) is 0 Å². The molecule has 5 heteroatoms. The summed E-state index contributed by atoms with van der Waals surface area (Å²) in [5.41, 5.74) is 3.11. The summed E-state index contributed by atoms with van der Waals surface area (Å²) in [6.45, 7) is 4.84. The third-order valence-corrected chi connectivity index (χ3v) is 5.61. The Hall–Kier alpha value is -2.56. The summed E-state index contributed by atoms with van der Waals surface area (Å²) in [6.07, 6.45) is 1.57. The van der Waals surface area contributed by atoms with Crippen molar-refractivity contribution in [3.63, 3.8) is 0 Å². The largest absolute Gasteiger partial charge is 0.469 e. The molecule has 4 rings (SSSR count). The second kappa shape index (κ2) is 8.21. The van der Waals surface area contributed by atoms with Gasteiger partial charge in [0.25, 0.3) is 5.91 Å². The van der Waals surface area contributed by atoms with Crippen LogP contribution in [0.15, 0.2) is 71.3 Å². The second-order valence-electron chi connectivity index (χ2n) is 7.08. The van der Waals surface area contributed by atoms with Crippen molar-refractivity contribution in [2.24, 2.45) is 0 Å². The number of carbonyl (C=O) groups is 1. The number of rotatable bonds is 4. The predicted octanol–water partition coefficient (Wildman–Crippen LogP) is 4.79. The van der Waals surface area contributed by atoms with Gasteiger partial charge in [0.2, 0.25) is 0 Å². The first kappa shape index (κ1) is 18.8. The van der Waals surface area contributed by atoms with E-state index in [2.05, 4.69) is 41.3 Å².